The molecule has 1 heterocycles. The molecule has 1 aliphatic carbocycles. The molecule has 1 fully saturated rings. The molecule has 7 heteroatoms. The number of carbonyl (C=O) groups is 3. The molecule has 0 saturated carbocycles. The van der Waals surface area contributed by atoms with Gasteiger partial charge in [-0.1, -0.05) is 34.1 Å². The van der Waals surface area contributed by atoms with Crippen LogP contribution in [-0.4, -0.2) is 23.8 Å². The van der Waals surface area contributed by atoms with Crippen LogP contribution in [-0.2, 0) is 35.4 Å². The average molecular weight is 512 g/mol. The van der Waals surface area contributed by atoms with Crippen molar-refractivity contribution in [3.05, 3.63) is 22.8 Å². The van der Waals surface area contributed by atoms with Crippen molar-refractivity contribution < 1.29 is 35.4 Å². The van der Waals surface area contributed by atoms with Gasteiger partial charge in [0, 0.05) is 27.5 Å². The summed E-state index contributed by atoms with van der Waals surface area (Å²) in [5, 5.41) is 5.26. The van der Waals surface area contributed by atoms with E-state index in [1.807, 2.05) is 27.7 Å². The monoisotopic (exact) mass is 511 g/mol. The molecule has 5 nitrogen and oxygen atoms in total. The van der Waals surface area contributed by atoms with Crippen LogP contribution in [0.1, 0.15) is 53.4 Å². The Hall–Kier alpha value is -0.932. The van der Waals surface area contributed by atoms with Crippen LogP contribution in [0, 0.1) is 6.08 Å². The smallest absolute Gasteiger partial charge is 0.248 e. The molecule has 1 aliphatic heterocycles. The molecule has 0 aromatic carbocycles. The van der Waals surface area contributed by atoms with Crippen molar-refractivity contribution in [1.29, 1.82) is 0 Å². The van der Waals surface area contributed by atoms with Crippen LogP contribution in [0.5, 0.6) is 0 Å². The minimum atomic E-state index is -0.668. The molecule has 130 valence electrons. The summed E-state index contributed by atoms with van der Waals surface area (Å²) in [6.07, 6.45) is 6.41. The van der Waals surface area contributed by atoms with Gasteiger partial charge in [0.1, 0.15) is 5.91 Å². The van der Waals surface area contributed by atoms with E-state index in [-0.39, 0.29) is 39.3 Å². The first-order chi connectivity index (χ1) is 10.6. The van der Waals surface area contributed by atoms with E-state index in [4.69, 9.17) is 11.6 Å². The van der Waals surface area contributed by atoms with Crippen LogP contribution in [0.25, 0.3) is 0 Å². The molecule has 2 N–H and O–H groups in total. The molecule has 0 radical (unpaired) electrons. The zero-order valence-electron chi connectivity index (χ0n) is 14.0. The number of carbonyl (C=O) groups excluding carboxylic acids is 3. The topological polar surface area (TPSA) is 75.3 Å². The molecule has 1 saturated heterocycles. The maximum atomic E-state index is 11.9. The molecule has 0 aromatic heterocycles. The summed E-state index contributed by atoms with van der Waals surface area (Å²) in [6, 6.07) is -0.668. The summed E-state index contributed by atoms with van der Waals surface area (Å²) in [5.41, 5.74) is 0.343. The Morgan fingerprint density at radius 3 is 2.39 bits per heavy atom. The van der Waals surface area contributed by atoms with Crippen molar-refractivity contribution in [3.8, 4) is 0 Å². The quantitative estimate of drug-likeness (QED) is 0.442. The molecule has 2 aliphatic rings. The Morgan fingerprint density at radius 1 is 1.26 bits per heavy atom. The number of rotatable bonds is 2. The number of hydrogen-bond acceptors (Lipinski definition) is 3. The van der Waals surface area contributed by atoms with Crippen LogP contribution < -0.4 is 10.6 Å². The van der Waals surface area contributed by atoms with Crippen LogP contribution in [0.15, 0.2) is 16.7 Å². The summed E-state index contributed by atoms with van der Waals surface area (Å²) in [6.45, 7) is 8.00. The first-order valence-electron chi connectivity index (χ1n) is 7.69. The standard InChI is InChI=1S/C12H12ClN2O3.2C2H6.W/c13-8-3-1-2-7(6-8)11(17)14-9-4-5-10(16)15-12(9)18;2*1-2;/h2,9H,1,3-5H2,(H,14,17)(H,15,16,18);2*1-2H3;/q-1;;;. The van der Waals surface area contributed by atoms with Crippen molar-refractivity contribution in [2.45, 2.75) is 59.4 Å². The van der Waals surface area contributed by atoms with Gasteiger partial charge in [-0.25, -0.2) is 0 Å². The number of nitrogens with one attached hydrogen (secondary N) is 2. The predicted octanol–water partition coefficient (Wildman–Crippen LogP) is 2.60. The second-order valence-corrected chi connectivity index (χ2v) is 4.62. The molecular formula is C16H24ClN2O3W-. The van der Waals surface area contributed by atoms with Crippen molar-refractivity contribution in [3.63, 3.8) is 0 Å². The summed E-state index contributed by atoms with van der Waals surface area (Å²) >= 11 is 5.81. The molecule has 0 spiro atoms. The predicted molar refractivity (Wildman–Crippen MR) is 86.9 cm³/mol. The van der Waals surface area contributed by atoms with E-state index in [1.165, 1.54) is 0 Å². The molecule has 1 unspecified atom stereocenters. The van der Waals surface area contributed by atoms with E-state index in [9.17, 15) is 14.4 Å². The van der Waals surface area contributed by atoms with Crippen molar-refractivity contribution >= 4 is 29.3 Å². The Balaban J connectivity index is 0. The maximum absolute atomic E-state index is 11.9. The normalized spacial score (nSPS) is 19.3. The number of allylic oxidation sites excluding steroid dienone is 2. The van der Waals surface area contributed by atoms with Gasteiger partial charge in [0.25, 0.3) is 0 Å². The average Bonchev–Trinajstić information content (AvgIpc) is 2.54. The molecule has 3 amide bonds. The molecule has 2 rings (SSSR count). The van der Waals surface area contributed by atoms with E-state index in [1.54, 1.807) is 6.08 Å². The molecule has 0 bridgehead atoms. The zero-order valence-corrected chi connectivity index (χ0v) is 17.7. The summed E-state index contributed by atoms with van der Waals surface area (Å²) in [7, 11) is 0. The van der Waals surface area contributed by atoms with Crippen molar-refractivity contribution in [2.24, 2.45) is 0 Å². The number of imide groups is 1. The van der Waals surface area contributed by atoms with Crippen LogP contribution >= 0.6 is 11.6 Å². The van der Waals surface area contributed by atoms with Crippen LogP contribution in [0.4, 0.5) is 0 Å². The number of piperidine rings is 1. The summed E-state index contributed by atoms with van der Waals surface area (Å²) in [4.78, 5) is 34.3. The van der Waals surface area contributed by atoms with Gasteiger partial charge in [-0.3, -0.25) is 14.9 Å². The third kappa shape index (κ3) is 8.47. The summed E-state index contributed by atoms with van der Waals surface area (Å²) in [5.74, 6) is -1.16. The fourth-order valence-corrected chi connectivity index (χ4v) is 2.03. The number of amides is 3. The SMILES string of the molecule is CC.CC.O=C1CCC(NC(=O)C2=CCCC(Cl)=[C-]2)C(=O)N1.[W]. The molecule has 23 heavy (non-hydrogen) atoms. The van der Waals surface area contributed by atoms with E-state index in [0.29, 0.717) is 29.9 Å². The maximum Gasteiger partial charge on any atom is 0.248 e. The van der Waals surface area contributed by atoms with Gasteiger partial charge in [0.05, 0.1) is 6.04 Å². The summed E-state index contributed by atoms with van der Waals surface area (Å²) < 4.78 is 0. The van der Waals surface area contributed by atoms with E-state index in [2.05, 4.69) is 16.7 Å². The second-order valence-electron chi connectivity index (χ2n) is 4.16. The van der Waals surface area contributed by atoms with E-state index < -0.39 is 11.9 Å². The Bertz CT molecular complexity index is 476. The Kier molecular flexibility index (Phi) is 14.3. The molecular weight excluding hydrogens is 487 g/mol. The Labute approximate surface area is 157 Å². The molecule has 0 aromatic rings. The van der Waals surface area contributed by atoms with Gasteiger partial charge in [-0.05, 0) is 17.9 Å². The zero-order chi connectivity index (χ0) is 17.1. The first-order valence-corrected chi connectivity index (χ1v) is 8.07. The van der Waals surface area contributed by atoms with Gasteiger partial charge in [0.15, 0.2) is 0 Å². The van der Waals surface area contributed by atoms with Crippen LogP contribution in [0.3, 0.4) is 0 Å². The van der Waals surface area contributed by atoms with Crippen molar-refractivity contribution in [1.82, 2.24) is 10.6 Å². The molecule has 1 atom stereocenters. The second kappa shape index (κ2) is 13.5. The van der Waals surface area contributed by atoms with E-state index >= 15 is 0 Å². The van der Waals surface area contributed by atoms with Gasteiger partial charge in [0.2, 0.25) is 11.8 Å². The largest absolute Gasteiger partial charge is 0.394 e. The number of hydrogen-bond donors (Lipinski definition) is 2. The van der Waals surface area contributed by atoms with Crippen molar-refractivity contribution in [2.75, 3.05) is 0 Å². The van der Waals surface area contributed by atoms with Crippen LogP contribution in [0.2, 0.25) is 0 Å². The van der Waals surface area contributed by atoms with Gasteiger partial charge in [-0.15, -0.1) is 17.2 Å². The van der Waals surface area contributed by atoms with Gasteiger partial charge in [-0.2, -0.15) is 12.2 Å². The van der Waals surface area contributed by atoms with Gasteiger partial charge < -0.3 is 10.1 Å². The fraction of sp³-hybridized carbons (Fsp3) is 0.562. The first kappa shape index (κ1) is 24.3. The number of halogens is 1. The third-order valence-corrected chi connectivity index (χ3v) is 3.06. The third-order valence-electron chi connectivity index (χ3n) is 2.77. The minimum absolute atomic E-state index is 0. The Morgan fingerprint density at radius 2 is 1.87 bits per heavy atom. The minimum Gasteiger partial charge on any atom is -0.394 e. The fourth-order valence-electron chi connectivity index (χ4n) is 1.82. The van der Waals surface area contributed by atoms with E-state index in [0.717, 1.165) is 0 Å². The van der Waals surface area contributed by atoms with Gasteiger partial charge >= 0.3 is 0 Å².